The van der Waals surface area contributed by atoms with Gasteiger partial charge < -0.3 is 9.88 Å². The molecule has 24 heavy (non-hydrogen) atoms. The summed E-state index contributed by atoms with van der Waals surface area (Å²) in [4.78, 5) is 17.0. The number of halogens is 1. The average molecular weight is 349 g/mol. The molecule has 0 bridgehead atoms. The number of carbonyl (C=O) groups is 1. The maximum absolute atomic E-state index is 12.9. The predicted octanol–water partition coefficient (Wildman–Crippen LogP) is 4.41. The maximum Gasteiger partial charge on any atom is 0.237 e. The smallest absolute Gasteiger partial charge is 0.237 e. The van der Waals surface area contributed by atoms with Gasteiger partial charge in [0.05, 0.1) is 10.9 Å². The zero-order valence-corrected chi connectivity index (χ0v) is 15.6. The minimum Gasteiger partial charge on any atom is -0.325 e. The molecule has 1 N–H and O–H groups in total. The molecule has 1 atom stereocenters. The molecule has 0 spiro atoms. The Kier molecular flexibility index (Phi) is 6.04. The third-order valence-corrected chi connectivity index (χ3v) is 4.82. The number of hydrogen-bond acceptors (Lipinski definition) is 3. The van der Waals surface area contributed by atoms with Crippen molar-refractivity contribution in [2.75, 3.05) is 5.32 Å². The normalized spacial score (nSPS) is 12.5. The Labute approximate surface area is 146 Å². The number of carbonyl (C=O) groups excluding carboxylic acids is 1. The van der Waals surface area contributed by atoms with E-state index in [9.17, 15) is 9.18 Å². The van der Waals surface area contributed by atoms with Gasteiger partial charge in [0, 0.05) is 17.9 Å². The third-order valence-electron chi connectivity index (χ3n) is 3.73. The van der Waals surface area contributed by atoms with E-state index in [1.165, 1.54) is 23.9 Å². The molecule has 1 heterocycles. The first-order valence-electron chi connectivity index (χ1n) is 8.04. The highest BCUT2D eigenvalue weighted by Gasteiger charge is 2.20. The topological polar surface area (TPSA) is 46.9 Å². The number of rotatable bonds is 6. The summed E-state index contributed by atoms with van der Waals surface area (Å²) in [6.45, 7) is 11.1. The number of hydrogen-bond donors (Lipinski definition) is 1. The second-order valence-corrected chi connectivity index (χ2v) is 7.63. The minimum absolute atomic E-state index is 0.124. The number of benzene rings is 1. The van der Waals surface area contributed by atoms with Crippen molar-refractivity contribution >= 4 is 23.4 Å². The zero-order valence-electron chi connectivity index (χ0n) is 14.8. The molecule has 1 aromatic heterocycles. The van der Waals surface area contributed by atoms with Crippen molar-refractivity contribution in [3.8, 4) is 0 Å². The summed E-state index contributed by atoms with van der Waals surface area (Å²) in [5.41, 5.74) is 2.72. The van der Waals surface area contributed by atoms with Crippen LogP contribution in [0.4, 0.5) is 10.1 Å². The molecule has 0 saturated heterocycles. The SMILES string of the molecule is Cc1nc(SC(C)C(=O)Nc2ccc(F)cc2)n(CC(C)C)c1C. The molecule has 0 aliphatic carbocycles. The number of amides is 1. The highest BCUT2D eigenvalue weighted by Crippen LogP contribution is 2.27. The number of aryl methyl sites for hydroxylation is 1. The van der Waals surface area contributed by atoms with Crippen LogP contribution in [-0.2, 0) is 11.3 Å². The Morgan fingerprint density at radius 2 is 1.88 bits per heavy atom. The first kappa shape index (κ1) is 18.5. The zero-order chi connectivity index (χ0) is 17.9. The summed E-state index contributed by atoms with van der Waals surface area (Å²) in [6, 6.07) is 5.77. The molecule has 0 fully saturated rings. The van der Waals surface area contributed by atoms with Gasteiger partial charge in [-0.05, 0) is 51.0 Å². The van der Waals surface area contributed by atoms with Crippen LogP contribution in [0.15, 0.2) is 29.4 Å². The van der Waals surface area contributed by atoms with Crippen molar-refractivity contribution in [2.45, 2.75) is 51.6 Å². The van der Waals surface area contributed by atoms with Crippen molar-refractivity contribution in [1.29, 1.82) is 0 Å². The second-order valence-electron chi connectivity index (χ2n) is 6.33. The van der Waals surface area contributed by atoms with Gasteiger partial charge in [-0.2, -0.15) is 0 Å². The van der Waals surface area contributed by atoms with Crippen LogP contribution >= 0.6 is 11.8 Å². The number of aromatic nitrogens is 2. The summed E-state index contributed by atoms with van der Waals surface area (Å²) in [5, 5.41) is 3.37. The fraction of sp³-hybridized carbons (Fsp3) is 0.444. The van der Waals surface area contributed by atoms with Gasteiger partial charge in [-0.3, -0.25) is 4.79 Å². The van der Waals surface area contributed by atoms with Gasteiger partial charge in [-0.25, -0.2) is 9.37 Å². The molecule has 1 amide bonds. The number of imidazole rings is 1. The Bertz CT molecular complexity index is 710. The highest BCUT2D eigenvalue weighted by molar-refractivity contribution is 8.00. The van der Waals surface area contributed by atoms with E-state index in [1.54, 1.807) is 12.1 Å². The van der Waals surface area contributed by atoms with Crippen molar-refractivity contribution in [2.24, 2.45) is 5.92 Å². The minimum atomic E-state index is -0.322. The number of nitrogens with zero attached hydrogens (tertiary/aromatic N) is 2. The number of nitrogens with one attached hydrogen (secondary N) is 1. The molecule has 6 heteroatoms. The molecule has 130 valence electrons. The fourth-order valence-corrected chi connectivity index (χ4v) is 3.29. The monoisotopic (exact) mass is 349 g/mol. The highest BCUT2D eigenvalue weighted by atomic mass is 32.2. The molecule has 4 nitrogen and oxygen atoms in total. The van der Waals surface area contributed by atoms with Gasteiger partial charge in [0.15, 0.2) is 5.16 Å². The van der Waals surface area contributed by atoms with Crippen molar-refractivity contribution in [1.82, 2.24) is 9.55 Å². The van der Waals surface area contributed by atoms with Crippen molar-refractivity contribution in [3.63, 3.8) is 0 Å². The van der Waals surface area contributed by atoms with Gasteiger partial charge >= 0.3 is 0 Å². The van der Waals surface area contributed by atoms with Crippen LogP contribution in [0.25, 0.3) is 0 Å². The molecule has 0 aliphatic heterocycles. The summed E-state index contributed by atoms with van der Waals surface area (Å²) >= 11 is 1.44. The molecular formula is C18H24FN3OS. The van der Waals surface area contributed by atoms with Gasteiger partial charge in [0.25, 0.3) is 0 Å². The van der Waals surface area contributed by atoms with Gasteiger partial charge in [0.2, 0.25) is 5.91 Å². The Morgan fingerprint density at radius 3 is 2.46 bits per heavy atom. The van der Waals surface area contributed by atoms with E-state index in [-0.39, 0.29) is 17.0 Å². The molecule has 0 saturated carbocycles. The number of thioether (sulfide) groups is 1. The molecule has 2 aromatic rings. The predicted molar refractivity (Wildman–Crippen MR) is 96.9 cm³/mol. The molecular weight excluding hydrogens is 325 g/mol. The van der Waals surface area contributed by atoms with E-state index in [1.807, 2.05) is 13.8 Å². The van der Waals surface area contributed by atoms with Crippen LogP contribution in [0, 0.1) is 25.6 Å². The summed E-state index contributed by atoms with van der Waals surface area (Å²) in [5.74, 6) is 0.0538. The molecule has 0 aliphatic rings. The Morgan fingerprint density at radius 1 is 1.25 bits per heavy atom. The molecule has 1 aromatic carbocycles. The summed E-state index contributed by atoms with van der Waals surface area (Å²) in [6.07, 6.45) is 0. The molecule has 2 rings (SSSR count). The van der Waals surface area contributed by atoms with Crippen LogP contribution in [0.5, 0.6) is 0 Å². The van der Waals surface area contributed by atoms with Crippen LogP contribution in [0.3, 0.4) is 0 Å². The van der Waals surface area contributed by atoms with Crippen LogP contribution in [0.1, 0.15) is 32.2 Å². The van der Waals surface area contributed by atoms with E-state index in [0.29, 0.717) is 11.6 Å². The van der Waals surface area contributed by atoms with Gasteiger partial charge in [-0.1, -0.05) is 25.6 Å². The van der Waals surface area contributed by atoms with Gasteiger partial charge in [0.1, 0.15) is 5.82 Å². The van der Waals surface area contributed by atoms with Crippen LogP contribution < -0.4 is 5.32 Å². The lowest BCUT2D eigenvalue weighted by molar-refractivity contribution is -0.115. The Hall–Kier alpha value is -1.82. The average Bonchev–Trinajstić information content (AvgIpc) is 2.76. The van der Waals surface area contributed by atoms with E-state index in [2.05, 4.69) is 35.6 Å². The summed E-state index contributed by atoms with van der Waals surface area (Å²) < 4.78 is 15.1. The number of anilines is 1. The molecule has 1 unspecified atom stereocenters. The summed E-state index contributed by atoms with van der Waals surface area (Å²) in [7, 11) is 0. The largest absolute Gasteiger partial charge is 0.325 e. The van der Waals surface area contributed by atoms with E-state index < -0.39 is 0 Å². The fourth-order valence-electron chi connectivity index (χ4n) is 2.28. The van der Waals surface area contributed by atoms with E-state index in [4.69, 9.17) is 0 Å². The van der Waals surface area contributed by atoms with Crippen molar-refractivity contribution < 1.29 is 9.18 Å². The Balaban J connectivity index is 2.08. The van der Waals surface area contributed by atoms with Gasteiger partial charge in [-0.15, -0.1) is 0 Å². The lowest BCUT2D eigenvalue weighted by Crippen LogP contribution is -2.23. The van der Waals surface area contributed by atoms with Crippen molar-refractivity contribution in [3.05, 3.63) is 41.5 Å². The quantitative estimate of drug-likeness (QED) is 0.786. The standard InChI is InChI=1S/C18H24FN3OS/c1-11(2)10-22-13(4)12(3)20-18(22)24-14(5)17(23)21-16-8-6-15(19)7-9-16/h6-9,11,14H,10H2,1-5H3,(H,21,23). The van der Waals surface area contributed by atoms with E-state index in [0.717, 1.165) is 23.1 Å². The first-order valence-corrected chi connectivity index (χ1v) is 8.92. The lowest BCUT2D eigenvalue weighted by atomic mass is 10.2. The maximum atomic E-state index is 12.9. The lowest BCUT2D eigenvalue weighted by Gasteiger charge is -2.15. The third kappa shape index (κ3) is 4.60. The van der Waals surface area contributed by atoms with Crippen LogP contribution in [-0.4, -0.2) is 20.7 Å². The second kappa shape index (κ2) is 7.83. The van der Waals surface area contributed by atoms with E-state index >= 15 is 0 Å². The molecule has 0 radical (unpaired) electrons. The van der Waals surface area contributed by atoms with Crippen LogP contribution in [0.2, 0.25) is 0 Å². The first-order chi connectivity index (χ1) is 11.3.